The van der Waals surface area contributed by atoms with E-state index < -0.39 is 30.2 Å². The van der Waals surface area contributed by atoms with Crippen molar-refractivity contribution in [2.75, 3.05) is 0 Å². The van der Waals surface area contributed by atoms with Crippen LogP contribution < -0.4 is 5.32 Å². The van der Waals surface area contributed by atoms with E-state index in [-0.39, 0.29) is 12.1 Å². The topological polar surface area (TPSA) is 71.5 Å². The number of fused-ring (bicyclic) bond motifs is 1. The van der Waals surface area contributed by atoms with Crippen molar-refractivity contribution in [2.24, 2.45) is 0 Å². The number of benzene rings is 2. The third-order valence-corrected chi connectivity index (χ3v) is 5.39. The van der Waals surface area contributed by atoms with Crippen molar-refractivity contribution < 1.29 is 23.1 Å². The summed E-state index contributed by atoms with van der Waals surface area (Å²) in [5, 5.41) is 4.62. The molecule has 0 aliphatic carbocycles. The van der Waals surface area contributed by atoms with E-state index in [2.05, 4.69) is 10.3 Å². The van der Waals surface area contributed by atoms with Crippen LogP contribution >= 0.6 is 0 Å². The number of aromatic nitrogens is 1. The molecule has 0 saturated carbocycles. The Labute approximate surface area is 177 Å². The molecule has 2 atom stereocenters. The number of nitrogens with one attached hydrogen (secondary N) is 1. The smallest absolute Gasteiger partial charge is 0.419 e. The number of alkyl halides is 2. The van der Waals surface area contributed by atoms with Crippen molar-refractivity contribution in [2.45, 2.75) is 38.5 Å². The molecule has 1 aliphatic rings. The van der Waals surface area contributed by atoms with Crippen molar-refractivity contribution >= 4 is 22.9 Å². The molecule has 1 N–H and O–H groups in total. The number of hydrogen-bond donors (Lipinski definition) is 1. The summed E-state index contributed by atoms with van der Waals surface area (Å²) in [6, 6.07) is 12.1. The number of halogens is 2. The molecular formula is C23H21F2N3O3. The molecule has 0 bridgehead atoms. The van der Waals surface area contributed by atoms with Crippen LogP contribution in [0.4, 0.5) is 18.4 Å². The lowest BCUT2D eigenvalue weighted by molar-refractivity contribution is 0.0172. The average molecular weight is 425 g/mol. The van der Waals surface area contributed by atoms with Crippen LogP contribution in [-0.2, 0) is 17.2 Å². The Morgan fingerprint density at radius 1 is 1.19 bits per heavy atom. The summed E-state index contributed by atoms with van der Waals surface area (Å²) >= 11 is 0. The molecule has 160 valence electrons. The molecule has 0 unspecified atom stereocenters. The van der Waals surface area contributed by atoms with Gasteiger partial charge in [-0.15, -0.1) is 0 Å². The number of imide groups is 1. The summed E-state index contributed by atoms with van der Waals surface area (Å²) in [7, 11) is 0. The number of urea groups is 1. The molecule has 6 nitrogen and oxygen atoms in total. The minimum absolute atomic E-state index is 0.173. The summed E-state index contributed by atoms with van der Waals surface area (Å²) in [5.74, 6) is -3.02. The van der Waals surface area contributed by atoms with E-state index in [0.717, 1.165) is 28.2 Å². The van der Waals surface area contributed by atoms with Crippen LogP contribution in [0.25, 0.3) is 10.8 Å². The molecule has 8 heteroatoms. The second kappa shape index (κ2) is 7.94. The first-order valence-electron chi connectivity index (χ1n) is 9.83. The molecule has 4 rings (SSSR count). The Morgan fingerprint density at radius 2 is 1.97 bits per heavy atom. The number of pyridine rings is 1. The summed E-state index contributed by atoms with van der Waals surface area (Å²) in [6.45, 7) is 2.62. The van der Waals surface area contributed by atoms with Crippen LogP contribution in [0.2, 0.25) is 0 Å². The highest BCUT2D eigenvalue weighted by atomic mass is 19.3. The van der Waals surface area contributed by atoms with E-state index in [1.807, 2.05) is 24.3 Å². The van der Waals surface area contributed by atoms with Gasteiger partial charge >= 0.3 is 12.1 Å². The first-order valence-corrected chi connectivity index (χ1v) is 9.83. The van der Waals surface area contributed by atoms with Crippen molar-refractivity contribution in [1.29, 1.82) is 0 Å². The molecule has 1 fully saturated rings. The van der Waals surface area contributed by atoms with Gasteiger partial charge in [-0.2, -0.15) is 0 Å². The predicted octanol–water partition coefficient (Wildman–Crippen LogP) is 5.14. The molecule has 2 aromatic carbocycles. The van der Waals surface area contributed by atoms with Gasteiger partial charge in [-0.05, 0) is 29.5 Å². The van der Waals surface area contributed by atoms with Gasteiger partial charge in [0.25, 0.3) is 5.92 Å². The highest BCUT2D eigenvalue weighted by Crippen LogP contribution is 2.35. The van der Waals surface area contributed by atoms with Crippen LogP contribution in [-0.4, -0.2) is 28.1 Å². The lowest BCUT2D eigenvalue weighted by atomic mass is 9.99. The number of amides is 3. The van der Waals surface area contributed by atoms with Gasteiger partial charge < -0.3 is 10.1 Å². The number of hydrogen-bond acceptors (Lipinski definition) is 4. The first-order chi connectivity index (χ1) is 14.8. The fourth-order valence-electron chi connectivity index (χ4n) is 3.74. The molecule has 0 spiro atoms. The van der Waals surface area contributed by atoms with E-state index in [1.165, 1.54) is 18.2 Å². The fraction of sp³-hybridized carbons (Fsp3) is 0.261. The highest BCUT2D eigenvalue weighted by Gasteiger charge is 2.43. The summed E-state index contributed by atoms with van der Waals surface area (Å²) in [4.78, 5) is 30.3. The zero-order valence-electron chi connectivity index (χ0n) is 17.0. The Hall–Kier alpha value is -3.55. The van der Waals surface area contributed by atoms with Gasteiger partial charge in [-0.3, -0.25) is 4.98 Å². The minimum Gasteiger partial charge on any atom is -0.439 e. The van der Waals surface area contributed by atoms with E-state index in [9.17, 15) is 18.4 Å². The molecule has 1 aliphatic heterocycles. The fourth-order valence-corrected chi connectivity index (χ4v) is 3.74. The average Bonchev–Trinajstić information content (AvgIpc) is 3.05. The largest absolute Gasteiger partial charge is 0.439 e. The van der Waals surface area contributed by atoms with Gasteiger partial charge in [-0.1, -0.05) is 42.5 Å². The van der Waals surface area contributed by atoms with Gasteiger partial charge in [0.05, 0.1) is 6.04 Å². The summed E-state index contributed by atoms with van der Waals surface area (Å²) in [6.07, 6.45) is 1.74. The van der Waals surface area contributed by atoms with Gasteiger partial charge in [0.15, 0.2) is 0 Å². The van der Waals surface area contributed by atoms with Crippen LogP contribution in [0.15, 0.2) is 60.9 Å². The summed E-state index contributed by atoms with van der Waals surface area (Å²) in [5.41, 5.74) is 1.04. The zero-order valence-corrected chi connectivity index (χ0v) is 17.0. The second-order valence-corrected chi connectivity index (χ2v) is 7.61. The van der Waals surface area contributed by atoms with Gasteiger partial charge in [0, 0.05) is 36.8 Å². The standard InChI is InChI=1S/C23H21F2N3O3/c1-14-20(15-7-5-8-18(10-15)23(2,24)25)31-22(30)28(14)21(29)27-13-17-12-26-11-16-6-3-4-9-19(16)17/h3-12,14,20H,13H2,1-2H3,(H,27,29)/t14-,20-/m0/s1. The lowest BCUT2D eigenvalue weighted by Gasteiger charge is -2.21. The van der Waals surface area contributed by atoms with Crippen LogP contribution in [0, 0.1) is 0 Å². The number of carbonyl (C=O) groups excluding carboxylic acids is 2. The molecular weight excluding hydrogens is 404 g/mol. The maximum absolute atomic E-state index is 13.7. The van der Waals surface area contributed by atoms with E-state index in [0.29, 0.717) is 5.56 Å². The van der Waals surface area contributed by atoms with Crippen molar-refractivity contribution in [3.8, 4) is 0 Å². The quantitative estimate of drug-likeness (QED) is 0.628. The van der Waals surface area contributed by atoms with Crippen LogP contribution in [0.3, 0.4) is 0 Å². The lowest BCUT2D eigenvalue weighted by Crippen LogP contribution is -2.44. The van der Waals surface area contributed by atoms with E-state index >= 15 is 0 Å². The first kappa shape index (κ1) is 20.7. The van der Waals surface area contributed by atoms with Gasteiger partial charge in [0.2, 0.25) is 0 Å². The monoisotopic (exact) mass is 425 g/mol. The maximum atomic E-state index is 13.7. The van der Waals surface area contributed by atoms with E-state index in [1.54, 1.807) is 25.4 Å². The Morgan fingerprint density at radius 3 is 2.74 bits per heavy atom. The Balaban J connectivity index is 1.50. The third kappa shape index (κ3) is 4.05. The third-order valence-electron chi connectivity index (χ3n) is 5.39. The maximum Gasteiger partial charge on any atom is 0.419 e. The van der Waals surface area contributed by atoms with E-state index in [4.69, 9.17) is 4.74 Å². The SMILES string of the molecule is C[C@H]1[C@@H](c2cccc(C(C)(F)F)c2)OC(=O)N1C(=O)NCc1cncc2ccccc12. The molecule has 3 amide bonds. The highest BCUT2D eigenvalue weighted by molar-refractivity contribution is 5.93. The molecule has 1 aromatic heterocycles. The second-order valence-electron chi connectivity index (χ2n) is 7.61. The Bertz CT molecular complexity index is 1140. The van der Waals surface area contributed by atoms with Crippen molar-refractivity contribution in [3.05, 3.63) is 77.6 Å². The van der Waals surface area contributed by atoms with Crippen LogP contribution in [0.5, 0.6) is 0 Å². The molecule has 0 radical (unpaired) electrons. The van der Waals surface area contributed by atoms with Crippen LogP contribution in [0.1, 0.15) is 36.6 Å². The molecule has 3 aromatic rings. The minimum atomic E-state index is -3.02. The normalized spacial score (nSPS) is 18.8. The number of nitrogens with zero attached hydrogens (tertiary/aromatic N) is 2. The Kier molecular flexibility index (Phi) is 5.31. The summed E-state index contributed by atoms with van der Waals surface area (Å²) < 4.78 is 32.7. The zero-order chi connectivity index (χ0) is 22.2. The van der Waals surface area contributed by atoms with Crippen molar-refractivity contribution in [1.82, 2.24) is 15.2 Å². The van der Waals surface area contributed by atoms with Gasteiger partial charge in [0.1, 0.15) is 6.10 Å². The number of cyclic esters (lactones) is 1. The predicted molar refractivity (Wildman–Crippen MR) is 111 cm³/mol. The van der Waals surface area contributed by atoms with Gasteiger partial charge in [-0.25, -0.2) is 23.3 Å². The molecule has 31 heavy (non-hydrogen) atoms. The molecule has 1 saturated heterocycles. The van der Waals surface area contributed by atoms with Crippen molar-refractivity contribution in [3.63, 3.8) is 0 Å². The number of carbonyl (C=O) groups is 2. The number of ether oxygens (including phenoxy) is 1. The molecule has 2 heterocycles. The number of rotatable bonds is 4.